The van der Waals surface area contributed by atoms with Crippen LogP contribution in [0.3, 0.4) is 0 Å². The highest BCUT2D eigenvalue weighted by Crippen LogP contribution is 2.29. The molecule has 98 valence electrons. The molecule has 2 aromatic rings. The fraction of sp³-hybridized carbons (Fsp3) is 0.286. The molecule has 0 bridgehead atoms. The van der Waals surface area contributed by atoms with Gasteiger partial charge in [-0.15, -0.1) is 11.3 Å². The van der Waals surface area contributed by atoms with Crippen LogP contribution in [-0.4, -0.2) is 16.3 Å². The van der Waals surface area contributed by atoms with E-state index in [0.717, 1.165) is 23.5 Å². The average Bonchev–Trinajstić information content (AvgIpc) is 2.81. The highest BCUT2D eigenvalue weighted by Gasteiger charge is 2.14. The lowest BCUT2D eigenvalue weighted by atomic mass is 10.0. The van der Waals surface area contributed by atoms with E-state index >= 15 is 0 Å². The van der Waals surface area contributed by atoms with E-state index in [-0.39, 0.29) is 5.75 Å². The minimum absolute atomic E-state index is 0.244. The predicted molar refractivity (Wildman–Crippen MR) is 78.1 cm³/mol. The number of thiazole rings is 1. The van der Waals surface area contributed by atoms with Crippen molar-refractivity contribution in [3.63, 3.8) is 0 Å². The van der Waals surface area contributed by atoms with Gasteiger partial charge < -0.3 is 5.11 Å². The van der Waals surface area contributed by atoms with Crippen LogP contribution >= 0.6 is 11.3 Å². The van der Waals surface area contributed by atoms with Gasteiger partial charge in [0.15, 0.2) is 0 Å². The molecule has 19 heavy (non-hydrogen) atoms. The second-order valence-corrected chi connectivity index (χ2v) is 5.64. The summed E-state index contributed by atoms with van der Waals surface area (Å²) in [5, 5.41) is 14.4. The molecule has 0 atom stereocenters. The van der Waals surface area contributed by atoms with Crippen molar-refractivity contribution in [2.75, 3.05) is 5.43 Å². The Bertz CT molecular complexity index is 583. The summed E-state index contributed by atoms with van der Waals surface area (Å²) in [6, 6.07) is 6.98. The molecule has 0 amide bonds. The number of aryl methyl sites for hydroxylation is 2. The molecule has 0 spiro atoms. The second kappa shape index (κ2) is 5.40. The molecule has 0 saturated heterocycles. The van der Waals surface area contributed by atoms with E-state index in [9.17, 15) is 5.11 Å². The molecular weight excluding hydrogens is 258 g/mol. The number of rotatable bonds is 3. The molecule has 0 aliphatic heterocycles. The number of nitrogens with one attached hydrogen (secondary N) is 1. The lowest BCUT2D eigenvalue weighted by Crippen LogP contribution is -1.99. The first-order chi connectivity index (χ1) is 9.31. The van der Waals surface area contributed by atoms with Crippen molar-refractivity contribution in [1.82, 2.24) is 4.98 Å². The Kier molecular flexibility index (Phi) is 3.46. The highest BCUT2D eigenvalue weighted by atomic mass is 32.1. The Morgan fingerprint density at radius 3 is 3.05 bits per heavy atom. The van der Waals surface area contributed by atoms with Crippen LogP contribution in [0.15, 0.2) is 29.4 Å². The number of hydrogen-bond acceptors (Lipinski definition) is 5. The van der Waals surface area contributed by atoms with Crippen LogP contribution < -0.4 is 5.43 Å². The first kappa shape index (κ1) is 12.2. The van der Waals surface area contributed by atoms with Crippen molar-refractivity contribution in [2.45, 2.75) is 25.7 Å². The molecule has 2 N–H and O–H groups in total. The number of benzene rings is 1. The number of aromatic hydroxyl groups is 1. The van der Waals surface area contributed by atoms with Gasteiger partial charge in [-0.2, -0.15) is 5.10 Å². The fourth-order valence-electron chi connectivity index (χ4n) is 2.17. The molecule has 0 radical (unpaired) electrons. The van der Waals surface area contributed by atoms with E-state index in [0.29, 0.717) is 0 Å². The van der Waals surface area contributed by atoms with Crippen molar-refractivity contribution in [1.29, 1.82) is 0 Å². The topological polar surface area (TPSA) is 57.5 Å². The molecule has 1 aromatic heterocycles. The van der Waals surface area contributed by atoms with Gasteiger partial charge in [-0.05, 0) is 43.4 Å². The van der Waals surface area contributed by atoms with Crippen LogP contribution in [0.1, 0.15) is 29.0 Å². The molecule has 3 rings (SSSR count). The van der Waals surface area contributed by atoms with Gasteiger partial charge in [0, 0.05) is 4.88 Å². The number of nitrogens with zero attached hydrogens (tertiary/aromatic N) is 2. The van der Waals surface area contributed by atoms with Crippen molar-refractivity contribution < 1.29 is 5.11 Å². The average molecular weight is 273 g/mol. The summed E-state index contributed by atoms with van der Waals surface area (Å²) in [5.41, 5.74) is 5.05. The first-order valence-electron chi connectivity index (χ1n) is 6.38. The van der Waals surface area contributed by atoms with Crippen LogP contribution in [0.25, 0.3) is 0 Å². The van der Waals surface area contributed by atoms with Gasteiger partial charge in [-0.1, -0.05) is 12.1 Å². The Balaban J connectivity index is 1.67. The monoisotopic (exact) mass is 273 g/mol. The molecule has 1 aliphatic carbocycles. The number of phenolic OH excluding ortho intramolecular Hbond substituents is 1. The summed E-state index contributed by atoms with van der Waals surface area (Å²) in [4.78, 5) is 5.93. The molecular formula is C14H15N3OS. The zero-order valence-electron chi connectivity index (χ0n) is 10.5. The maximum Gasteiger partial charge on any atom is 0.203 e. The third kappa shape index (κ3) is 2.93. The molecule has 0 unspecified atom stereocenters. The number of hydrazone groups is 1. The standard InChI is InChI=1S/C14H15N3OS/c18-11-5-3-4-10(8-11)9-15-17-14-16-12-6-1-2-7-13(12)19-14/h3-5,8-9,18H,1-2,6-7H2,(H,16,17)/b15-9+. The summed E-state index contributed by atoms with van der Waals surface area (Å²) in [6.45, 7) is 0. The largest absolute Gasteiger partial charge is 0.508 e. The Hall–Kier alpha value is -1.88. The number of anilines is 1. The lowest BCUT2D eigenvalue weighted by molar-refractivity contribution is 0.475. The van der Waals surface area contributed by atoms with Crippen molar-refractivity contribution >= 4 is 22.7 Å². The van der Waals surface area contributed by atoms with Gasteiger partial charge in [-0.3, -0.25) is 5.43 Å². The van der Waals surface area contributed by atoms with Gasteiger partial charge in [0.05, 0.1) is 11.9 Å². The van der Waals surface area contributed by atoms with Crippen LogP contribution in [0, 0.1) is 0 Å². The number of aromatic nitrogens is 1. The summed E-state index contributed by atoms with van der Waals surface area (Å²) in [5.74, 6) is 0.244. The van der Waals surface area contributed by atoms with Crippen molar-refractivity contribution in [3.05, 3.63) is 40.4 Å². The normalized spacial score (nSPS) is 14.5. The fourth-order valence-corrected chi connectivity index (χ4v) is 3.17. The smallest absolute Gasteiger partial charge is 0.203 e. The predicted octanol–water partition coefficient (Wildman–Crippen LogP) is 3.17. The summed E-state index contributed by atoms with van der Waals surface area (Å²) < 4.78 is 0. The van der Waals surface area contributed by atoms with E-state index in [4.69, 9.17) is 0 Å². The van der Waals surface area contributed by atoms with Gasteiger partial charge in [0.1, 0.15) is 5.75 Å². The van der Waals surface area contributed by atoms with Crippen LogP contribution in [0.2, 0.25) is 0 Å². The SMILES string of the molecule is Oc1cccc(/C=N/Nc2nc3c(s2)CCCC3)c1. The Labute approximate surface area is 115 Å². The Morgan fingerprint density at radius 2 is 2.21 bits per heavy atom. The van der Waals surface area contributed by atoms with Gasteiger partial charge in [0.2, 0.25) is 5.13 Å². The van der Waals surface area contributed by atoms with E-state index in [2.05, 4.69) is 15.5 Å². The lowest BCUT2D eigenvalue weighted by Gasteiger charge is -2.06. The second-order valence-electron chi connectivity index (χ2n) is 4.56. The van der Waals surface area contributed by atoms with Gasteiger partial charge in [-0.25, -0.2) is 4.98 Å². The van der Waals surface area contributed by atoms with Crippen LogP contribution in [0.4, 0.5) is 5.13 Å². The van der Waals surface area contributed by atoms with E-state index in [1.807, 2.05) is 6.07 Å². The number of fused-ring (bicyclic) bond motifs is 1. The molecule has 1 heterocycles. The number of phenols is 1. The zero-order chi connectivity index (χ0) is 13.1. The van der Waals surface area contributed by atoms with Crippen LogP contribution in [0.5, 0.6) is 5.75 Å². The molecule has 1 aliphatic rings. The van der Waals surface area contributed by atoms with E-state index in [1.165, 1.54) is 23.4 Å². The van der Waals surface area contributed by atoms with E-state index in [1.54, 1.807) is 35.8 Å². The molecule has 0 saturated carbocycles. The minimum atomic E-state index is 0.244. The van der Waals surface area contributed by atoms with Crippen molar-refractivity contribution in [3.8, 4) is 5.75 Å². The third-order valence-corrected chi connectivity index (χ3v) is 4.15. The summed E-state index contributed by atoms with van der Waals surface area (Å²) in [6.07, 6.45) is 6.42. The maximum atomic E-state index is 9.35. The van der Waals surface area contributed by atoms with Crippen LogP contribution in [-0.2, 0) is 12.8 Å². The quantitative estimate of drug-likeness (QED) is 0.667. The van der Waals surface area contributed by atoms with Gasteiger partial charge >= 0.3 is 0 Å². The minimum Gasteiger partial charge on any atom is -0.508 e. The number of hydrogen-bond donors (Lipinski definition) is 2. The third-order valence-electron chi connectivity index (χ3n) is 3.09. The summed E-state index contributed by atoms with van der Waals surface area (Å²) >= 11 is 1.69. The Morgan fingerprint density at radius 1 is 1.32 bits per heavy atom. The molecule has 1 aromatic carbocycles. The maximum absolute atomic E-state index is 9.35. The summed E-state index contributed by atoms with van der Waals surface area (Å²) in [7, 11) is 0. The molecule has 0 fully saturated rings. The van der Waals surface area contributed by atoms with Crippen molar-refractivity contribution in [2.24, 2.45) is 5.10 Å². The highest BCUT2D eigenvalue weighted by molar-refractivity contribution is 7.15. The zero-order valence-corrected chi connectivity index (χ0v) is 11.3. The molecule has 5 heteroatoms. The van der Waals surface area contributed by atoms with Gasteiger partial charge in [0.25, 0.3) is 0 Å². The molecule has 4 nitrogen and oxygen atoms in total. The van der Waals surface area contributed by atoms with E-state index < -0.39 is 0 Å². The first-order valence-corrected chi connectivity index (χ1v) is 7.19.